The number of unbranched alkanes of at least 4 members (excludes halogenated alkanes) is 2. The topological polar surface area (TPSA) is 27.6 Å². The van der Waals surface area contributed by atoms with Gasteiger partial charge in [-0.2, -0.15) is 0 Å². The predicted octanol–water partition coefficient (Wildman–Crippen LogP) is 2.74. The van der Waals surface area contributed by atoms with Crippen molar-refractivity contribution in [2.45, 2.75) is 57.9 Å². The zero-order valence-corrected chi connectivity index (χ0v) is 10.1. The average molecular weight is 237 g/mol. The summed E-state index contributed by atoms with van der Waals surface area (Å²) in [6, 6.07) is 0. The Hall–Kier alpha value is 0.440. The van der Waals surface area contributed by atoms with Crippen LogP contribution < -0.4 is 5.73 Å². The maximum atomic E-state index is 4.29. The first-order valence-corrected chi connectivity index (χ1v) is 6.22. The molecule has 1 nitrogen and oxygen atoms in total. The normalized spacial score (nSPS) is 12.0. The molecule has 0 spiro atoms. The number of alkyl halides is 1. The second-order valence-corrected chi connectivity index (χ2v) is 4.50. The first-order valence-electron chi connectivity index (χ1n) is 5.10. The van der Waals surface area contributed by atoms with E-state index < -0.39 is 0 Å². The lowest BCUT2D eigenvalue weighted by molar-refractivity contribution is -0.481. The highest BCUT2D eigenvalue weighted by Gasteiger charge is 2.23. The Kier molecular flexibility index (Phi) is 7.16. The molecule has 0 bridgehead atoms. The second-order valence-electron chi connectivity index (χ2n) is 3.71. The molecule has 0 aromatic heterocycles. The van der Waals surface area contributed by atoms with Gasteiger partial charge >= 0.3 is 0 Å². The van der Waals surface area contributed by atoms with E-state index in [2.05, 4.69) is 35.5 Å². The highest BCUT2D eigenvalue weighted by atomic mass is 79.9. The number of hydrogen-bond donors (Lipinski definition) is 1. The van der Waals surface area contributed by atoms with Crippen molar-refractivity contribution in [2.75, 3.05) is 5.33 Å². The van der Waals surface area contributed by atoms with Gasteiger partial charge in [-0.1, -0.05) is 36.2 Å². The zero-order chi connectivity index (χ0) is 9.45. The molecule has 0 amide bonds. The van der Waals surface area contributed by atoms with Gasteiger partial charge in [-0.25, -0.2) is 0 Å². The van der Waals surface area contributed by atoms with Crippen molar-refractivity contribution in [2.24, 2.45) is 0 Å². The number of rotatable bonds is 7. The van der Waals surface area contributed by atoms with Crippen LogP contribution in [-0.4, -0.2) is 10.9 Å². The summed E-state index contributed by atoms with van der Waals surface area (Å²) < 4.78 is 0. The second kappa shape index (κ2) is 6.90. The van der Waals surface area contributed by atoms with Crippen LogP contribution in [0.5, 0.6) is 0 Å². The van der Waals surface area contributed by atoms with E-state index >= 15 is 0 Å². The first kappa shape index (κ1) is 12.4. The molecular formula is C10H23BrN+. The quantitative estimate of drug-likeness (QED) is 0.521. The van der Waals surface area contributed by atoms with Crippen LogP contribution in [0.3, 0.4) is 0 Å². The molecule has 0 fully saturated rings. The van der Waals surface area contributed by atoms with Crippen molar-refractivity contribution in [1.82, 2.24) is 0 Å². The molecule has 0 radical (unpaired) electrons. The van der Waals surface area contributed by atoms with Gasteiger partial charge in [0.25, 0.3) is 0 Å². The molecule has 0 aromatic rings. The summed E-state index contributed by atoms with van der Waals surface area (Å²) in [7, 11) is 0. The Morgan fingerprint density at radius 1 is 1.08 bits per heavy atom. The number of halogens is 1. The van der Waals surface area contributed by atoms with Gasteiger partial charge in [-0.15, -0.1) is 0 Å². The minimum atomic E-state index is 0.367. The molecule has 3 N–H and O–H groups in total. The third kappa shape index (κ3) is 5.15. The van der Waals surface area contributed by atoms with Crippen LogP contribution in [0.1, 0.15) is 52.4 Å². The molecule has 0 saturated heterocycles. The van der Waals surface area contributed by atoms with Crippen molar-refractivity contribution in [1.29, 1.82) is 0 Å². The molecule has 0 heterocycles. The Bertz CT molecular complexity index is 100. The van der Waals surface area contributed by atoms with E-state index in [1.807, 2.05) is 0 Å². The molecule has 0 aliphatic heterocycles. The van der Waals surface area contributed by atoms with Gasteiger partial charge in [0.15, 0.2) is 0 Å². The van der Waals surface area contributed by atoms with E-state index in [0.717, 1.165) is 5.33 Å². The summed E-state index contributed by atoms with van der Waals surface area (Å²) in [5.41, 5.74) is 4.66. The molecule has 0 rings (SSSR count). The van der Waals surface area contributed by atoms with Crippen LogP contribution in [0.4, 0.5) is 0 Å². The minimum absolute atomic E-state index is 0.367. The van der Waals surface area contributed by atoms with Gasteiger partial charge < -0.3 is 5.73 Å². The molecule has 12 heavy (non-hydrogen) atoms. The lowest BCUT2D eigenvalue weighted by Crippen LogP contribution is -2.71. The van der Waals surface area contributed by atoms with E-state index in [-0.39, 0.29) is 0 Å². The predicted molar refractivity (Wildman–Crippen MR) is 58.5 cm³/mol. The fraction of sp³-hybridized carbons (Fsp3) is 1.00. The highest BCUT2D eigenvalue weighted by molar-refractivity contribution is 9.09. The molecule has 0 atom stereocenters. The van der Waals surface area contributed by atoms with Crippen molar-refractivity contribution < 1.29 is 5.73 Å². The highest BCUT2D eigenvalue weighted by Crippen LogP contribution is 2.17. The summed E-state index contributed by atoms with van der Waals surface area (Å²) in [4.78, 5) is 0. The lowest BCUT2D eigenvalue weighted by Gasteiger charge is -2.22. The maximum Gasteiger partial charge on any atom is 0.0940 e. The Labute approximate surface area is 85.2 Å². The fourth-order valence-electron chi connectivity index (χ4n) is 1.37. The summed E-state index contributed by atoms with van der Waals surface area (Å²) in [5, 5.41) is 1.15. The minimum Gasteiger partial charge on any atom is -0.353 e. The fourth-order valence-corrected chi connectivity index (χ4v) is 1.77. The van der Waals surface area contributed by atoms with E-state index in [1.165, 1.54) is 38.5 Å². The average Bonchev–Trinajstić information content (AvgIpc) is 2.12. The van der Waals surface area contributed by atoms with Crippen molar-refractivity contribution in [3.63, 3.8) is 0 Å². The summed E-state index contributed by atoms with van der Waals surface area (Å²) in [6.07, 6.45) is 7.74. The summed E-state index contributed by atoms with van der Waals surface area (Å²) in [5.74, 6) is 0. The molecule has 0 aliphatic rings. The van der Waals surface area contributed by atoms with Crippen LogP contribution in [0.2, 0.25) is 0 Å². The molecule has 2 heteroatoms. The van der Waals surface area contributed by atoms with Crippen LogP contribution in [0.15, 0.2) is 0 Å². The Balaban J connectivity index is 3.45. The molecule has 0 saturated carbocycles. The van der Waals surface area contributed by atoms with Crippen LogP contribution in [0.25, 0.3) is 0 Å². The largest absolute Gasteiger partial charge is 0.353 e. The van der Waals surface area contributed by atoms with Crippen molar-refractivity contribution in [3.05, 3.63) is 0 Å². The van der Waals surface area contributed by atoms with Crippen LogP contribution in [0, 0.1) is 0 Å². The summed E-state index contributed by atoms with van der Waals surface area (Å²) in [6.45, 7) is 4.50. The van der Waals surface area contributed by atoms with Crippen molar-refractivity contribution in [3.8, 4) is 0 Å². The number of hydrogen-bond acceptors (Lipinski definition) is 0. The van der Waals surface area contributed by atoms with Crippen LogP contribution >= 0.6 is 15.9 Å². The zero-order valence-electron chi connectivity index (χ0n) is 8.53. The molecule has 74 valence electrons. The molecule has 0 unspecified atom stereocenters. The Morgan fingerprint density at radius 3 is 2.08 bits per heavy atom. The van der Waals surface area contributed by atoms with Gasteiger partial charge in [-0.05, 0) is 25.7 Å². The smallest absolute Gasteiger partial charge is 0.0940 e. The van der Waals surface area contributed by atoms with Gasteiger partial charge in [0.1, 0.15) is 0 Å². The standard InChI is InChI=1S/C10H22BrN/c1-3-10(12,4-2)8-6-5-7-9-11/h3-9,12H2,1-2H3/p+1. The lowest BCUT2D eigenvalue weighted by atomic mass is 9.88. The van der Waals surface area contributed by atoms with Crippen molar-refractivity contribution >= 4 is 15.9 Å². The third-order valence-electron chi connectivity index (χ3n) is 2.84. The maximum absolute atomic E-state index is 4.29. The van der Waals surface area contributed by atoms with Crippen LogP contribution in [-0.2, 0) is 0 Å². The molecule has 0 aliphatic carbocycles. The van der Waals surface area contributed by atoms with Gasteiger partial charge in [0.05, 0.1) is 5.54 Å². The summed E-state index contributed by atoms with van der Waals surface area (Å²) >= 11 is 3.45. The molecule has 0 aromatic carbocycles. The molecular weight excluding hydrogens is 214 g/mol. The van der Waals surface area contributed by atoms with Gasteiger partial charge in [0.2, 0.25) is 0 Å². The van der Waals surface area contributed by atoms with E-state index in [4.69, 9.17) is 0 Å². The van der Waals surface area contributed by atoms with Gasteiger partial charge in [0, 0.05) is 11.8 Å². The van der Waals surface area contributed by atoms with Gasteiger partial charge in [-0.3, -0.25) is 0 Å². The third-order valence-corrected chi connectivity index (χ3v) is 3.40. The monoisotopic (exact) mass is 236 g/mol. The first-order chi connectivity index (χ1) is 5.68. The SMILES string of the molecule is CCC([NH3+])(CC)CCCCCBr. The van der Waals surface area contributed by atoms with E-state index in [1.54, 1.807) is 0 Å². The van der Waals surface area contributed by atoms with E-state index in [9.17, 15) is 0 Å². The Morgan fingerprint density at radius 2 is 1.67 bits per heavy atom. The number of quaternary nitrogens is 1. The van der Waals surface area contributed by atoms with E-state index in [0.29, 0.717) is 5.54 Å².